The van der Waals surface area contributed by atoms with E-state index in [4.69, 9.17) is 12.2 Å². The number of rotatable bonds is 3. The van der Waals surface area contributed by atoms with Gasteiger partial charge in [0, 0.05) is 46.5 Å². The van der Waals surface area contributed by atoms with E-state index in [-0.39, 0.29) is 26.8 Å². The Bertz CT molecular complexity index is 2000. The van der Waals surface area contributed by atoms with Gasteiger partial charge in [-0.3, -0.25) is 0 Å². The van der Waals surface area contributed by atoms with Crippen LogP contribution in [0.15, 0.2) is 122 Å². The van der Waals surface area contributed by atoms with Gasteiger partial charge >= 0.3 is 0 Å². The second-order valence-corrected chi connectivity index (χ2v) is 11.8. The number of hydrogen-bond donors (Lipinski definition) is 0. The van der Waals surface area contributed by atoms with Crippen LogP contribution in [-0.2, 0) is 26.5 Å². The molecule has 2 aromatic heterocycles. The summed E-state index contributed by atoms with van der Waals surface area (Å²) in [6.07, 6.45) is 1.93. The molecule has 0 N–H and O–H groups in total. The summed E-state index contributed by atoms with van der Waals surface area (Å²) in [7, 11) is 0. The molecule has 4 aromatic carbocycles. The second kappa shape index (κ2) is 12.8. The second-order valence-electron chi connectivity index (χ2n) is 11.8. The van der Waals surface area contributed by atoms with Gasteiger partial charge in [-0.25, -0.2) is 0 Å². The quantitative estimate of drug-likeness (QED) is 0.139. The van der Waals surface area contributed by atoms with Gasteiger partial charge in [-0.2, -0.15) is 0 Å². The number of nitrogens with zero attached hydrogens (tertiary/aromatic N) is 2. The first kappa shape index (κ1) is 28.0. The van der Waals surface area contributed by atoms with E-state index in [1.54, 1.807) is 18.5 Å². The molecule has 0 bridgehead atoms. The largest absolute Gasteiger partial charge is 0.503 e. The molecule has 223 valence electrons. The molecule has 0 fully saturated rings. The smallest absolute Gasteiger partial charge is 0.241 e. The van der Waals surface area contributed by atoms with E-state index >= 15 is 0 Å². The molecule has 0 amide bonds. The molecule has 0 spiro atoms. The summed E-state index contributed by atoms with van der Waals surface area (Å²) in [5, 5.41) is 0. The van der Waals surface area contributed by atoms with Gasteiger partial charge in [-0.05, 0) is 59.0 Å². The maximum atomic E-state index is 8.72. The molecule has 6 heteroatoms. The summed E-state index contributed by atoms with van der Waals surface area (Å²) in [6.45, 7) is 5.69. The third kappa shape index (κ3) is 6.35. The molecule has 0 unspecified atom stereocenters. The first-order chi connectivity index (χ1) is 22.2. The molecule has 6 aromatic rings. The average molecular weight is 765 g/mol. The van der Waals surface area contributed by atoms with Gasteiger partial charge in [-0.15, -0.1) is 59.6 Å². The van der Waals surface area contributed by atoms with Crippen molar-refractivity contribution >= 4 is 23.1 Å². The molecule has 0 aliphatic carbocycles. The minimum Gasteiger partial charge on any atom is -0.503 e. The van der Waals surface area contributed by atoms with Crippen molar-refractivity contribution < 1.29 is 32.3 Å². The number of ether oxygens (including phenoxy) is 2. The van der Waals surface area contributed by atoms with Crippen molar-refractivity contribution in [3.8, 4) is 45.5 Å². The number of fused-ring (bicyclic) bond motifs is 4. The van der Waals surface area contributed by atoms with E-state index in [0.29, 0.717) is 17.0 Å². The fourth-order valence-electron chi connectivity index (χ4n) is 5.69. The Morgan fingerprint density at radius 2 is 1.47 bits per heavy atom. The molecular formula is C39H31BIrN2O2-2. The number of benzene rings is 4. The standard InChI is InChI=1S/C28H23BNO2.C11H8N.Ir/c1-28(2,3)17-18-14-15-30-22(16-18)19-8-6-10-21-27(19)32-25-13-7-12-24-26(25)29(21)20-9-4-5-11-23(20)31-24;1-2-6-10(7-3-1)11-8-4-5-9-12-11;/h4-7,9-16H,17H2,1-3H3;1-6,8-9H;/q2*-1;/i17D2;;. The van der Waals surface area contributed by atoms with Crippen molar-refractivity contribution in [3.05, 3.63) is 139 Å². The predicted molar refractivity (Wildman–Crippen MR) is 178 cm³/mol. The third-order valence-corrected chi connectivity index (χ3v) is 7.45. The van der Waals surface area contributed by atoms with Gasteiger partial charge in [0.05, 0.1) is 0 Å². The number of hydrogen-bond acceptors (Lipinski definition) is 4. The summed E-state index contributed by atoms with van der Waals surface area (Å²) in [4.78, 5) is 8.81. The first-order valence-corrected chi connectivity index (χ1v) is 14.7. The Labute approximate surface area is 281 Å². The van der Waals surface area contributed by atoms with Crippen molar-refractivity contribution in [2.24, 2.45) is 5.41 Å². The zero-order valence-corrected chi connectivity index (χ0v) is 27.6. The Morgan fingerprint density at radius 3 is 2.24 bits per heavy atom. The van der Waals surface area contributed by atoms with Crippen molar-refractivity contribution in [1.29, 1.82) is 0 Å². The van der Waals surface area contributed by atoms with Gasteiger partial charge in [-0.1, -0.05) is 74.4 Å². The van der Waals surface area contributed by atoms with Crippen LogP contribution in [0.3, 0.4) is 0 Å². The van der Waals surface area contributed by atoms with Crippen LogP contribution in [-0.4, -0.2) is 16.7 Å². The molecular weight excluding hydrogens is 731 g/mol. The molecule has 4 heterocycles. The minimum atomic E-state index is -1.53. The van der Waals surface area contributed by atoms with Crippen LogP contribution in [0.5, 0.6) is 23.0 Å². The van der Waals surface area contributed by atoms with Gasteiger partial charge in [0.25, 0.3) is 0 Å². The van der Waals surface area contributed by atoms with Crippen LogP contribution in [0.2, 0.25) is 0 Å². The molecule has 45 heavy (non-hydrogen) atoms. The van der Waals surface area contributed by atoms with Gasteiger partial charge in [0.1, 0.15) is 17.2 Å². The van der Waals surface area contributed by atoms with E-state index in [1.807, 2.05) is 118 Å². The molecule has 0 atom stereocenters. The fraction of sp³-hybridized carbons (Fsp3) is 0.128. The number of pyridine rings is 2. The number of aromatic nitrogens is 2. The fourth-order valence-corrected chi connectivity index (χ4v) is 5.69. The van der Waals surface area contributed by atoms with Crippen LogP contribution in [0.4, 0.5) is 0 Å². The molecule has 0 saturated heterocycles. The Kier molecular flexibility index (Phi) is 7.99. The third-order valence-electron chi connectivity index (χ3n) is 7.45. The van der Waals surface area contributed by atoms with Crippen LogP contribution in [0, 0.1) is 17.5 Å². The molecule has 4 nitrogen and oxygen atoms in total. The Balaban J connectivity index is 0.000000250. The van der Waals surface area contributed by atoms with Crippen LogP contribution < -0.4 is 25.9 Å². The first-order valence-electron chi connectivity index (χ1n) is 15.7. The van der Waals surface area contributed by atoms with Crippen LogP contribution in [0.25, 0.3) is 22.5 Å². The zero-order chi connectivity index (χ0) is 31.9. The van der Waals surface area contributed by atoms with E-state index in [9.17, 15) is 0 Å². The normalized spacial score (nSPS) is 13.1. The van der Waals surface area contributed by atoms with Crippen molar-refractivity contribution in [1.82, 2.24) is 9.97 Å². The minimum absolute atomic E-state index is 0. The Hall–Kier alpha value is -4.51. The zero-order valence-electron chi connectivity index (χ0n) is 27.2. The summed E-state index contributed by atoms with van der Waals surface area (Å²) >= 11 is 0. The summed E-state index contributed by atoms with van der Waals surface area (Å²) < 4.78 is 30.1. The predicted octanol–water partition coefficient (Wildman–Crippen LogP) is 7.41. The molecule has 0 saturated carbocycles. The van der Waals surface area contributed by atoms with E-state index in [2.05, 4.69) is 28.2 Å². The molecule has 2 aliphatic heterocycles. The Morgan fingerprint density at radius 1 is 0.711 bits per heavy atom. The summed E-state index contributed by atoms with van der Waals surface area (Å²) in [6, 6.07) is 41.6. The molecule has 1 radical (unpaired) electrons. The van der Waals surface area contributed by atoms with E-state index in [1.165, 1.54) is 0 Å². The van der Waals surface area contributed by atoms with Crippen molar-refractivity contribution in [2.75, 3.05) is 0 Å². The van der Waals surface area contributed by atoms with Crippen molar-refractivity contribution in [3.63, 3.8) is 0 Å². The van der Waals surface area contributed by atoms with Crippen LogP contribution in [0.1, 0.15) is 29.1 Å². The topological polar surface area (TPSA) is 44.2 Å². The summed E-state index contributed by atoms with van der Waals surface area (Å²) in [5.41, 5.74) is 6.54. The molecule has 8 rings (SSSR count). The average Bonchev–Trinajstić information content (AvgIpc) is 3.08. The van der Waals surface area contributed by atoms with Gasteiger partial charge in [0.2, 0.25) is 6.71 Å². The maximum Gasteiger partial charge on any atom is 0.241 e. The van der Waals surface area contributed by atoms with E-state index in [0.717, 1.165) is 50.5 Å². The SMILES string of the molecule is [2H]C([2H])(c1ccnc(-c2[c-]ccc3c2Oc2cccc4c2B3c2ccccc2O4)c1)C(C)(C)C.[Ir].[c-]1ccccc1-c1ccccn1. The number of para-hydroxylation sites is 1. The maximum absolute atomic E-state index is 8.72. The van der Waals surface area contributed by atoms with Crippen LogP contribution >= 0.6 is 0 Å². The monoisotopic (exact) mass is 765 g/mol. The summed E-state index contributed by atoms with van der Waals surface area (Å²) in [5.74, 6) is 3.11. The van der Waals surface area contributed by atoms with Gasteiger partial charge < -0.3 is 19.4 Å². The van der Waals surface area contributed by atoms with E-state index < -0.39 is 11.8 Å². The van der Waals surface area contributed by atoms with Gasteiger partial charge in [0.15, 0.2) is 0 Å². The molecule has 2 aliphatic rings. The van der Waals surface area contributed by atoms with Crippen molar-refractivity contribution in [2.45, 2.75) is 27.1 Å².